The molecule has 0 saturated heterocycles. The minimum absolute atomic E-state index is 0.174. The smallest absolute Gasteiger partial charge is 0.323 e. The normalized spacial score (nSPS) is 11.4. The molecule has 0 unspecified atom stereocenters. The number of aryl methyl sites for hydroxylation is 3. The van der Waals surface area contributed by atoms with Gasteiger partial charge in [0.1, 0.15) is 6.54 Å². The average molecular weight is 281 g/mol. The van der Waals surface area contributed by atoms with E-state index in [1.807, 2.05) is 40.7 Å². The maximum atomic E-state index is 12.2. The Morgan fingerprint density at radius 2 is 1.95 bits per heavy atom. The van der Waals surface area contributed by atoms with Gasteiger partial charge in [0, 0.05) is 24.2 Å². The number of hydrogen-bond acceptors (Lipinski definition) is 3. The van der Waals surface area contributed by atoms with E-state index in [1.165, 1.54) is 4.90 Å². The number of carbonyl (C=O) groups is 2. The summed E-state index contributed by atoms with van der Waals surface area (Å²) >= 11 is 0. The first-order valence-corrected chi connectivity index (χ1v) is 6.64. The SMILES string of the molecule is Cc1cc(C)n(CCC(=O)N(CC(=O)O)C(C)(C)C)n1. The Morgan fingerprint density at radius 3 is 2.35 bits per heavy atom. The van der Waals surface area contributed by atoms with E-state index in [1.54, 1.807) is 4.68 Å². The molecular weight excluding hydrogens is 258 g/mol. The monoisotopic (exact) mass is 281 g/mol. The lowest BCUT2D eigenvalue weighted by Crippen LogP contribution is -2.48. The summed E-state index contributed by atoms with van der Waals surface area (Å²) in [6, 6.07) is 1.95. The molecule has 0 bridgehead atoms. The Kier molecular flexibility index (Phi) is 4.92. The predicted octanol–water partition coefficient (Wildman–Crippen LogP) is 1.60. The van der Waals surface area contributed by atoms with Crippen LogP contribution in [0.2, 0.25) is 0 Å². The van der Waals surface area contributed by atoms with Crippen molar-refractivity contribution in [3.63, 3.8) is 0 Å². The second-order valence-corrected chi connectivity index (χ2v) is 5.94. The van der Waals surface area contributed by atoms with Crippen LogP contribution in [0, 0.1) is 13.8 Å². The highest BCUT2D eigenvalue weighted by molar-refractivity contribution is 5.82. The van der Waals surface area contributed by atoms with Gasteiger partial charge < -0.3 is 10.0 Å². The molecule has 0 aliphatic heterocycles. The second kappa shape index (κ2) is 6.07. The number of aromatic nitrogens is 2. The minimum atomic E-state index is -1.00. The van der Waals surface area contributed by atoms with E-state index >= 15 is 0 Å². The van der Waals surface area contributed by atoms with E-state index in [2.05, 4.69) is 5.10 Å². The Balaban J connectivity index is 2.72. The summed E-state index contributed by atoms with van der Waals surface area (Å²) < 4.78 is 1.77. The molecule has 0 saturated carbocycles. The van der Waals surface area contributed by atoms with Crippen molar-refractivity contribution in [2.75, 3.05) is 6.54 Å². The number of aliphatic carboxylic acids is 1. The number of carboxylic acids is 1. The van der Waals surface area contributed by atoms with E-state index in [9.17, 15) is 9.59 Å². The number of nitrogens with zero attached hydrogens (tertiary/aromatic N) is 3. The maximum absolute atomic E-state index is 12.2. The quantitative estimate of drug-likeness (QED) is 0.889. The molecule has 1 rings (SSSR count). The molecule has 0 aliphatic carbocycles. The lowest BCUT2D eigenvalue weighted by Gasteiger charge is -2.34. The fraction of sp³-hybridized carbons (Fsp3) is 0.643. The van der Waals surface area contributed by atoms with Crippen molar-refractivity contribution in [1.82, 2.24) is 14.7 Å². The summed E-state index contributed by atoms with van der Waals surface area (Å²) in [6.45, 7) is 9.51. The lowest BCUT2D eigenvalue weighted by molar-refractivity contribution is -0.148. The predicted molar refractivity (Wildman–Crippen MR) is 75.4 cm³/mol. The van der Waals surface area contributed by atoms with E-state index in [-0.39, 0.29) is 18.9 Å². The van der Waals surface area contributed by atoms with Gasteiger partial charge in [0.2, 0.25) is 5.91 Å². The molecule has 0 atom stereocenters. The molecule has 6 heteroatoms. The van der Waals surface area contributed by atoms with Crippen molar-refractivity contribution in [1.29, 1.82) is 0 Å². The van der Waals surface area contributed by atoms with Crippen LogP contribution in [0.4, 0.5) is 0 Å². The molecule has 6 nitrogen and oxygen atoms in total. The molecule has 20 heavy (non-hydrogen) atoms. The fourth-order valence-electron chi connectivity index (χ4n) is 2.07. The van der Waals surface area contributed by atoms with Gasteiger partial charge in [-0.15, -0.1) is 0 Å². The Bertz CT molecular complexity index is 500. The summed E-state index contributed by atoms with van der Waals surface area (Å²) in [5.74, 6) is -1.17. The standard InChI is InChI=1S/C14H23N3O3/c1-10-8-11(2)17(15-10)7-6-12(18)16(9-13(19)20)14(3,4)5/h8H,6-7,9H2,1-5H3,(H,19,20). The number of carbonyl (C=O) groups excluding carboxylic acids is 1. The summed E-state index contributed by atoms with van der Waals surface area (Å²) in [5, 5.41) is 13.2. The number of rotatable bonds is 5. The topological polar surface area (TPSA) is 75.4 Å². The van der Waals surface area contributed by atoms with Crippen molar-refractivity contribution in [2.45, 2.75) is 53.1 Å². The molecule has 0 aliphatic rings. The third-order valence-corrected chi connectivity index (χ3v) is 3.05. The Morgan fingerprint density at radius 1 is 1.35 bits per heavy atom. The van der Waals surface area contributed by atoms with Gasteiger partial charge in [-0.3, -0.25) is 14.3 Å². The maximum Gasteiger partial charge on any atom is 0.323 e. The Hall–Kier alpha value is -1.85. The van der Waals surface area contributed by atoms with Crippen LogP contribution in [0.5, 0.6) is 0 Å². The third kappa shape index (κ3) is 4.36. The van der Waals surface area contributed by atoms with Crippen molar-refractivity contribution >= 4 is 11.9 Å². The van der Waals surface area contributed by atoms with Crippen LogP contribution in [0.25, 0.3) is 0 Å². The highest BCUT2D eigenvalue weighted by Gasteiger charge is 2.28. The van der Waals surface area contributed by atoms with Gasteiger partial charge in [-0.05, 0) is 40.7 Å². The van der Waals surface area contributed by atoms with Crippen LogP contribution < -0.4 is 0 Å². The zero-order valence-electron chi connectivity index (χ0n) is 12.8. The lowest BCUT2D eigenvalue weighted by atomic mass is 10.1. The van der Waals surface area contributed by atoms with Gasteiger partial charge in [-0.2, -0.15) is 5.10 Å². The Labute approximate surface area is 119 Å². The van der Waals surface area contributed by atoms with Crippen LogP contribution in [0.3, 0.4) is 0 Å². The second-order valence-electron chi connectivity index (χ2n) is 5.94. The van der Waals surface area contributed by atoms with Gasteiger partial charge in [-0.1, -0.05) is 0 Å². The van der Waals surface area contributed by atoms with Crippen molar-refractivity contribution in [3.05, 3.63) is 17.5 Å². The van der Waals surface area contributed by atoms with Gasteiger partial charge in [-0.25, -0.2) is 0 Å². The minimum Gasteiger partial charge on any atom is -0.480 e. The largest absolute Gasteiger partial charge is 0.480 e. The van der Waals surface area contributed by atoms with Gasteiger partial charge in [0.25, 0.3) is 0 Å². The summed E-state index contributed by atoms with van der Waals surface area (Å²) in [7, 11) is 0. The van der Waals surface area contributed by atoms with Gasteiger partial charge in [0.05, 0.1) is 5.69 Å². The highest BCUT2D eigenvalue weighted by atomic mass is 16.4. The molecule has 1 amide bonds. The molecule has 0 radical (unpaired) electrons. The zero-order chi connectivity index (χ0) is 15.5. The molecule has 1 N–H and O–H groups in total. The molecule has 1 aromatic heterocycles. The number of carboxylic acid groups (broad SMARTS) is 1. The molecular formula is C14H23N3O3. The molecule has 1 heterocycles. The molecule has 0 spiro atoms. The molecule has 112 valence electrons. The van der Waals surface area contributed by atoms with Crippen LogP contribution in [0.15, 0.2) is 6.07 Å². The fourth-order valence-corrected chi connectivity index (χ4v) is 2.07. The van der Waals surface area contributed by atoms with Crippen LogP contribution in [-0.2, 0) is 16.1 Å². The van der Waals surface area contributed by atoms with Crippen LogP contribution in [-0.4, -0.2) is 43.7 Å². The van der Waals surface area contributed by atoms with Gasteiger partial charge in [0.15, 0.2) is 0 Å². The van der Waals surface area contributed by atoms with E-state index < -0.39 is 11.5 Å². The summed E-state index contributed by atoms with van der Waals surface area (Å²) in [4.78, 5) is 24.5. The third-order valence-electron chi connectivity index (χ3n) is 3.05. The van der Waals surface area contributed by atoms with Crippen molar-refractivity contribution in [2.24, 2.45) is 0 Å². The van der Waals surface area contributed by atoms with E-state index in [0.29, 0.717) is 6.54 Å². The molecule has 0 fully saturated rings. The van der Waals surface area contributed by atoms with E-state index in [4.69, 9.17) is 5.11 Å². The average Bonchev–Trinajstić information content (AvgIpc) is 2.60. The van der Waals surface area contributed by atoms with Crippen molar-refractivity contribution in [3.8, 4) is 0 Å². The van der Waals surface area contributed by atoms with Crippen LogP contribution in [0.1, 0.15) is 38.6 Å². The zero-order valence-corrected chi connectivity index (χ0v) is 12.8. The summed E-state index contributed by atoms with van der Waals surface area (Å²) in [6.07, 6.45) is 0.243. The first kappa shape index (κ1) is 16.2. The van der Waals surface area contributed by atoms with Gasteiger partial charge >= 0.3 is 5.97 Å². The molecule has 0 aromatic carbocycles. The van der Waals surface area contributed by atoms with E-state index in [0.717, 1.165) is 11.4 Å². The highest BCUT2D eigenvalue weighted by Crippen LogP contribution is 2.15. The first-order chi connectivity index (χ1) is 9.11. The summed E-state index contributed by atoms with van der Waals surface area (Å²) in [5.41, 5.74) is 1.40. The number of hydrogen-bond donors (Lipinski definition) is 1. The van der Waals surface area contributed by atoms with Crippen LogP contribution >= 0.6 is 0 Å². The first-order valence-electron chi connectivity index (χ1n) is 6.64. The van der Waals surface area contributed by atoms with Crippen molar-refractivity contribution < 1.29 is 14.7 Å². The molecule has 1 aromatic rings. The number of amides is 1.